The fourth-order valence-corrected chi connectivity index (χ4v) is 2.39. The summed E-state index contributed by atoms with van der Waals surface area (Å²) in [7, 11) is -3.63. The first kappa shape index (κ1) is 16.5. The Morgan fingerprint density at radius 3 is 2.60 bits per heavy atom. The van der Waals surface area contributed by atoms with Gasteiger partial charge < -0.3 is 0 Å². The summed E-state index contributed by atoms with van der Waals surface area (Å²) in [5.41, 5.74) is 1.02. The third kappa shape index (κ3) is 6.05. The highest BCUT2D eigenvalue weighted by Crippen LogP contribution is 2.13. The van der Waals surface area contributed by atoms with E-state index in [0.29, 0.717) is 6.42 Å². The van der Waals surface area contributed by atoms with E-state index >= 15 is 0 Å². The van der Waals surface area contributed by atoms with Crippen molar-refractivity contribution in [3.63, 3.8) is 0 Å². The van der Waals surface area contributed by atoms with E-state index in [9.17, 15) is 8.42 Å². The summed E-state index contributed by atoms with van der Waals surface area (Å²) in [6.45, 7) is 4.08. The number of rotatable bonds is 6. The molecule has 0 saturated heterocycles. The molecule has 0 bridgehead atoms. The lowest BCUT2D eigenvalue weighted by Gasteiger charge is -2.05. The first-order valence-corrected chi connectivity index (χ1v) is 8.06. The fraction of sp³-hybridized carbons (Fsp3) is 0.375. The van der Waals surface area contributed by atoms with Gasteiger partial charge in [0.05, 0.1) is 11.5 Å². The lowest BCUT2D eigenvalue weighted by molar-refractivity contribution is 0.313. The van der Waals surface area contributed by atoms with Crippen LogP contribution in [0.2, 0.25) is 0 Å². The maximum absolute atomic E-state index is 11.9. The second kappa shape index (κ2) is 8.57. The minimum atomic E-state index is -3.63. The van der Waals surface area contributed by atoms with Gasteiger partial charge in [-0.2, -0.15) is 8.42 Å². The normalized spacial score (nSPS) is 11.3. The first-order valence-electron chi connectivity index (χ1n) is 6.66. The summed E-state index contributed by atoms with van der Waals surface area (Å²) in [6, 6.07) is 6.63. The molecule has 3 nitrogen and oxygen atoms in total. The number of hydrogen-bond acceptors (Lipinski definition) is 3. The van der Waals surface area contributed by atoms with E-state index in [-0.39, 0.29) is 11.5 Å². The topological polar surface area (TPSA) is 43.4 Å². The van der Waals surface area contributed by atoms with Gasteiger partial charge in [0.25, 0.3) is 10.1 Å². The summed E-state index contributed by atoms with van der Waals surface area (Å²) in [6.07, 6.45) is 5.95. The van der Waals surface area contributed by atoms with Crippen LogP contribution in [0.25, 0.3) is 0 Å². The van der Waals surface area contributed by atoms with Crippen molar-refractivity contribution in [1.29, 1.82) is 0 Å². The Kier molecular flexibility index (Phi) is 7.06. The molecule has 0 aliphatic rings. The number of benzene rings is 1. The molecule has 20 heavy (non-hydrogen) atoms. The van der Waals surface area contributed by atoms with E-state index < -0.39 is 10.1 Å². The average molecular weight is 292 g/mol. The smallest absolute Gasteiger partial charge is 0.266 e. The number of hydrogen-bond donors (Lipinski definition) is 0. The van der Waals surface area contributed by atoms with Crippen LogP contribution in [-0.2, 0) is 14.3 Å². The van der Waals surface area contributed by atoms with Gasteiger partial charge >= 0.3 is 0 Å². The Morgan fingerprint density at radius 1 is 1.25 bits per heavy atom. The molecular weight excluding hydrogens is 272 g/mol. The van der Waals surface area contributed by atoms with Crippen molar-refractivity contribution >= 4 is 10.1 Å². The van der Waals surface area contributed by atoms with E-state index in [1.165, 1.54) is 0 Å². The van der Waals surface area contributed by atoms with Crippen LogP contribution in [0.15, 0.2) is 41.3 Å². The van der Waals surface area contributed by atoms with Gasteiger partial charge in [-0.05, 0) is 38.0 Å². The Balaban J connectivity index is 2.37. The Labute approximate surface area is 121 Å². The predicted molar refractivity (Wildman–Crippen MR) is 80.8 cm³/mol. The predicted octanol–water partition coefficient (Wildman–Crippen LogP) is 3.45. The largest absolute Gasteiger partial charge is 0.296 e. The molecule has 4 heteroatoms. The molecule has 0 spiro atoms. The maximum Gasteiger partial charge on any atom is 0.296 e. The van der Waals surface area contributed by atoms with E-state index in [4.69, 9.17) is 4.18 Å². The molecule has 0 amide bonds. The van der Waals surface area contributed by atoms with Gasteiger partial charge in [0.2, 0.25) is 0 Å². The van der Waals surface area contributed by atoms with Crippen molar-refractivity contribution in [1.82, 2.24) is 0 Å². The van der Waals surface area contributed by atoms with Gasteiger partial charge in [-0.25, -0.2) is 0 Å². The summed E-state index contributed by atoms with van der Waals surface area (Å²) in [4.78, 5) is 0.201. The zero-order valence-electron chi connectivity index (χ0n) is 11.9. The highest BCUT2D eigenvalue weighted by Gasteiger charge is 2.13. The molecule has 0 aliphatic heterocycles. The number of allylic oxidation sites excluding steroid dienone is 2. The van der Waals surface area contributed by atoms with Crippen LogP contribution in [0.4, 0.5) is 0 Å². The maximum atomic E-state index is 11.9. The Hall–Kier alpha value is -1.57. The monoisotopic (exact) mass is 292 g/mol. The van der Waals surface area contributed by atoms with Crippen LogP contribution in [-0.4, -0.2) is 15.0 Å². The van der Waals surface area contributed by atoms with Crippen molar-refractivity contribution in [2.45, 2.75) is 38.0 Å². The van der Waals surface area contributed by atoms with Crippen LogP contribution in [0, 0.1) is 18.8 Å². The molecule has 1 aromatic rings. The van der Waals surface area contributed by atoms with Crippen LogP contribution in [0.5, 0.6) is 0 Å². The van der Waals surface area contributed by atoms with Gasteiger partial charge in [0.1, 0.15) is 0 Å². The molecule has 0 heterocycles. The molecule has 1 rings (SSSR count). The van der Waals surface area contributed by atoms with E-state index in [1.807, 2.05) is 19.9 Å². The molecule has 1 aromatic carbocycles. The summed E-state index contributed by atoms with van der Waals surface area (Å²) >= 11 is 0. The van der Waals surface area contributed by atoms with Crippen LogP contribution in [0.3, 0.4) is 0 Å². The third-order valence-electron chi connectivity index (χ3n) is 2.54. The molecule has 0 aromatic heterocycles. The lowest BCUT2D eigenvalue weighted by atomic mass is 10.2. The average Bonchev–Trinajstić information content (AvgIpc) is 2.42. The molecule has 0 aliphatic carbocycles. The molecular formula is C16H20O3S. The first-order chi connectivity index (χ1) is 9.56. The summed E-state index contributed by atoms with van der Waals surface area (Å²) in [5.74, 6) is 5.81. The van der Waals surface area contributed by atoms with Crippen molar-refractivity contribution in [2.24, 2.45) is 0 Å². The Bertz CT molecular complexity index is 587. The zero-order valence-corrected chi connectivity index (χ0v) is 12.7. The highest BCUT2D eigenvalue weighted by atomic mass is 32.2. The molecule has 0 radical (unpaired) electrons. The van der Waals surface area contributed by atoms with Gasteiger partial charge in [-0.3, -0.25) is 4.18 Å². The van der Waals surface area contributed by atoms with Crippen LogP contribution in [0.1, 0.15) is 31.7 Å². The van der Waals surface area contributed by atoms with Gasteiger partial charge in [-0.1, -0.05) is 42.5 Å². The minimum Gasteiger partial charge on any atom is -0.266 e. The van der Waals surface area contributed by atoms with Crippen molar-refractivity contribution in [2.75, 3.05) is 6.61 Å². The minimum absolute atomic E-state index is 0.182. The summed E-state index contributed by atoms with van der Waals surface area (Å²) < 4.78 is 28.7. The Morgan fingerprint density at radius 2 is 1.95 bits per heavy atom. The second-order valence-electron chi connectivity index (χ2n) is 4.31. The van der Waals surface area contributed by atoms with Crippen molar-refractivity contribution in [3.05, 3.63) is 42.0 Å². The van der Waals surface area contributed by atoms with E-state index in [1.54, 1.807) is 30.3 Å². The molecule has 0 atom stereocenters. The molecule has 0 N–H and O–H groups in total. The van der Waals surface area contributed by atoms with Gasteiger partial charge in [-0.15, -0.1) is 0 Å². The quantitative estimate of drug-likeness (QED) is 0.458. The second-order valence-corrected chi connectivity index (χ2v) is 5.92. The van der Waals surface area contributed by atoms with E-state index in [0.717, 1.165) is 18.4 Å². The van der Waals surface area contributed by atoms with E-state index in [2.05, 4.69) is 11.8 Å². The summed E-state index contributed by atoms with van der Waals surface area (Å²) in [5, 5.41) is 0. The van der Waals surface area contributed by atoms with Gasteiger partial charge in [0.15, 0.2) is 0 Å². The SMILES string of the molecule is CCC#CC=CCCCOS(=O)(=O)c1ccc(C)cc1. The van der Waals surface area contributed by atoms with Gasteiger partial charge in [0, 0.05) is 6.42 Å². The van der Waals surface area contributed by atoms with Crippen LogP contribution >= 0.6 is 0 Å². The fourth-order valence-electron chi connectivity index (χ4n) is 1.45. The van der Waals surface area contributed by atoms with Crippen molar-refractivity contribution < 1.29 is 12.6 Å². The third-order valence-corrected chi connectivity index (χ3v) is 3.87. The van der Waals surface area contributed by atoms with Crippen molar-refractivity contribution in [3.8, 4) is 11.8 Å². The number of unbranched alkanes of at least 4 members (excludes halogenated alkanes) is 1. The standard InChI is InChI=1S/C16H20O3S/c1-3-4-5-6-7-8-9-14-19-20(17,18)16-12-10-15(2)11-13-16/h6-7,10-13H,3,8-9,14H2,1-2H3. The molecule has 0 fully saturated rings. The molecule has 0 saturated carbocycles. The zero-order chi connectivity index (χ0) is 14.8. The molecule has 108 valence electrons. The molecule has 0 unspecified atom stereocenters. The number of aryl methyl sites for hydroxylation is 1. The van der Waals surface area contributed by atoms with Crippen LogP contribution < -0.4 is 0 Å². The lowest BCUT2D eigenvalue weighted by Crippen LogP contribution is -2.07. The highest BCUT2D eigenvalue weighted by molar-refractivity contribution is 7.86.